The number of ketones is 2. The molecule has 0 radical (unpaired) electrons. The SMILES string of the molecule is [2H]C1([2H])C[C@]2(C)C3CC[C@@]4(C)C(CC[C@@H]4[C@H](C)CCC(=O)[O-])C3C(=O)C([2H])(CC)[C@@H]2C([2H])([2H])C1=O.[Na+]. The number of carbonyl (C=O) groups excluding carboxylic acids is 3. The Balaban J connectivity index is 0.00000361. The second kappa shape index (κ2) is 9.22. The Bertz CT molecular complexity index is 943. The number of fused-ring (bicyclic) bond motifs is 5. The van der Waals surface area contributed by atoms with Gasteiger partial charge in [-0.1, -0.05) is 27.7 Å². The number of hydrogen-bond acceptors (Lipinski definition) is 4. The van der Waals surface area contributed by atoms with Crippen LogP contribution in [0.4, 0.5) is 0 Å². The molecule has 9 atom stereocenters. The minimum Gasteiger partial charge on any atom is -0.550 e. The van der Waals surface area contributed by atoms with Crippen molar-refractivity contribution in [3.63, 3.8) is 0 Å². The molecule has 0 aromatic heterocycles. The molecule has 0 N–H and O–H groups in total. The summed E-state index contributed by atoms with van der Waals surface area (Å²) in [6, 6.07) is 0. The van der Waals surface area contributed by atoms with Gasteiger partial charge in [0.15, 0.2) is 0 Å². The van der Waals surface area contributed by atoms with Crippen LogP contribution in [0.3, 0.4) is 0 Å². The summed E-state index contributed by atoms with van der Waals surface area (Å²) < 4.78 is 43.6. The fourth-order valence-electron chi connectivity index (χ4n) is 8.05. The molecule has 0 amide bonds. The van der Waals surface area contributed by atoms with E-state index in [1.165, 1.54) is 0 Å². The maximum absolute atomic E-state index is 14.2. The fraction of sp³-hybridized carbons (Fsp3) is 0.885. The Labute approximate surface area is 217 Å². The topological polar surface area (TPSA) is 74.3 Å². The van der Waals surface area contributed by atoms with Crippen molar-refractivity contribution >= 4 is 17.5 Å². The third-order valence-electron chi connectivity index (χ3n) is 9.59. The van der Waals surface area contributed by atoms with Gasteiger partial charge >= 0.3 is 29.6 Å². The largest absolute Gasteiger partial charge is 1.00 e. The zero-order valence-electron chi connectivity index (χ0n) is 24.8. The van der Waals surface area contributed by atoms with E-state index in [0.717, 1.165) is 19.3 Å². The van der Waals surface area contributed by atoms with Gasteiger partial charge < -0.3 is 9.90 Å². The van der Waals surface area contributed by atoms with E-state index in [9.17, 15) is 20.9 Å². The average Bonchev–Trinajstić information content (AvgIpc) is 3.10. The Hall–Kier alpha value is -0.190. The molecule has 4 saturated carbocycles. The van der Waals surface area contributed by atoms with Gasteiger partial charge in [-0.25, -0.2) is 0 Å². The summed E-state index contributed by atoms with van der Waals surface area (Å²) in [7, 11) is 0. The summed E-state index contributed by atoms with van der Waals surface area (Å²) in [5.74, 6) is -5.78. The Morgan fingerprint density at radius 3 is 2.48 bits per heavy atom. The van der Waals surface area contributed by atoms with Crippen LogP contribution in [-0.2, 0) is 14.4 Å². The summed E-state index contributed by atoms with van der Waals surface area (Å²) in [5, 5.41) is 11.1. The van der Waals surface area contributed by atoms with Crippen LogP contribution in [0.5, 0.6) is 0 Å². The minimum absolute atomic E-state index is 0. The number of carboxylic acid groups (broad SMARTS) is 1. The molecule has 0 aliphatic heterocycles. The zero-order chi connectivity index (χ0) is 26.4. The van der Waals surface area contributed by atoms with E-state index in [2.05, 4.69) is 13.8 Å². The first-order valence-electron chi connectivity index (χ1n) is 14.3. The Morgan fingerprint density at radius 1 is 1.16 bits per heavy atom. The first-order chi connectivity index (χ1) is 16.0. The van der Waals surface area contributed by atoms with Gasteiger partial charge in [-0.15, -0.1) is 0 Å². The van der Waals surface area contributed by atoms with Crippen molar-refractivity contribution in [3.05, 3.63) is 0 Å². The monoisotopic (exact) mass is 443 g/mol. The van der Waals surface area contributed by atoms with Crippen LogP contribution in [0.25, 0.3) is 0 Å². The normalized spacial score (nSPS) is 53.2. The fourth-order valence-corrected chi connectivity index (χ4v) is 8.05. The Morgan fingerprint density at radius 2 is 1.84 bits per heavy atom. The van der Waals surface area contributed by atoms with Crippen molar-refractivity contribution in [1.82, 2.24) is 0 Å². The zero-order valence-corrected chi connectivity index (χ0v) is 21.8. The van der Waals surface area contributed by atoms with E-state index in [0.29, 0.717) is 12.8 Å². The molecule has 0 spiro atoms. The van der Waals surface area contributed by atoms with E-state index in [-0.39, 0.29) is 83.7 Å². The number of carbonyl (C=O) groups is 3. The molecule has 0 bridgehead atoms. The van der Waals surface area contributed by atoms with Crippen molar-refractivity contribution in [2.24, 2.45) is 52.2 Å². The van der Waals surface area contributed by atoms with Gasteiger partial charge in [-0.3, -0.25) is 9.59 Å². The molecule has 4 rings (SSSR count). The van der Waals surface area contributed by atoms with E-state index in [4.69, 9.17) is 5.48 Å². The summed E-state index contributed by atoms with van der Waals surface area (Å²) >= 11 is 0. The number of Topliss-reactive ketones (excluding diaryl/α,β-unsaturated/α-hetero) is 2. The van der Waals surface area contributed by atoms with Crippen molar-refractivity contribution in [1.29, 1.82) is 0 Å². The van der Waals surface area contributed by atoms with E-state index in [1.54, 1.807) is 6.92 Å². The van der Waals surface area contributed by atoms with Crippen LogP contribution in [-0.4, -0.2) is 17.5 Å². The predicted octanol–water partition coefficient (Wildman–Crippen LogP) is 1.20. The molecule has 0 aromatic carbocycles. The van der Waals surface area contributed by atoms with Crippen molar-refractivity contribution < 1.29 is 55.9 Å². The van der Waals surface area contributed by atoms with Crippen LogP contribution in [0.15, 0.2) is 0 Å². The second-order valence-electron chi connectivity index (χ2n) is 10.9. The standard InChI is InChI=1S/C26H40O4.Na/c1-5-17-21-14-16(27)10-12-26(21,4)20-11-13-25(3)18(15(2)6-9-22(28)29)7-8-19(25)23(20)24(17)30;/h15,17-21,23H,5-14H2,1-4H3,(H,28,29);/q;+1/p-1/t15-,17?,18-,19?,20?,21+,23?,25-,26-;/m1./s1/i10D2,14D2,17D;. The molecule has 0 aromatic rings. The van der Waals surface area contributed by atoms with Crippen LogP contribution in [0.2, 0.25) is 0 Å². The Kier molecular flexibility index (Phi) is 5.69. The first-order valence-corrected chi connectivity index (χ1v) is 11.8. The van der Waals surface area contributed by atoms with Crippen molar-refractivity contribution in [3.8, 4) is 0 Å². The van der Waals surface area contributed by atoms with E-state index in [1.807, 2.05) is 6.92 Å². The molecule has 4 fully saturated rings. The molecule has 0 saturated heterocycles. The minimum atomic E-state index is -2.59. The molecule has 4 nitrogen and oxygen atoms in total. The van der Waals surface area contributed by atoms with Crippen LogP contribution in [0, 0.1) is 52.2 Å². The maximum Gasteiger partial charge on any atom is 1.00 e. The van der Waals surface area contributed by atoms with Gasteiger partial charge in [0.2, 0.25) is 0 Å². The van der Waals surface area contributed by atoms with Crippen LogP contribution >= 0.6 is 0 Å². The maximum atomic E-state index is 14.2. The average molecular weight is 444 g/mol. The molecular formula is C26H39NaO4. The molecule has 0 heterocycles. The smallest absolute Gasteiger partial charge is 0.550 e. The molecule has 31 heavy (non-hydrogen) atoms. The quantitative estimate of drug-likeness (QED) is 0.599. The van der Waals surface area contributed by atoms with Gasteiger partial charge in [0.1, 0.15) is 11.6 Å². The second-order valence-corrected chi connectivity index (χ2v) is 10.9. The third kappa shape index (κ3) is 4.01. The van der Waals surface area contributed by atoms with Crippen LogP contribution in [0.1, 0.15) is 98.7 Å². The van der Waals surface area contributed by atoms with E-state index < -0.39 is 47.6 Å². The molecule has 5 heteroatoms. The number of aliphatic carboxylic acids is 1. The third-order valence-corrected chi connectivity index (χ3v) is 9.59. The number of carboxylic acids is 1. The van der Waals surface area contributed by atoms with Gasteiger partial charge in [-0.05, 0) is 91.8 Å². The first kappa shape index (κ1) is 19.2. The molecule has 4 aliphatic carbocycles. The molecule has 4 unspecified atom stereocenters. The molecule has 4 aliphatic rings. The van der Waals surface area contributed by atoms with Crippen LogP contribution < -0.4 is 34.7 Å². The summed E-state index contributed by atoms with van der Waals surface area (Å²) in [5.41, 5.74) is -1.18. The van der Waals surface area contributed by atoms with E-state index >= 15 is 0 Å². The van der Waals surface area contributed by atoms with Gasteiger partial charge in [0.25, 0.3) is 0 Å². The molecule has 168 valence electrons. The van der Waals surface area contributed by atoms with Gasteiger partial charge in [0.05, 0.1) is 0 Å². The van der Waals surface area contributed by atoms with Gasteiger partial charge in [-0.2, -0.15) is 0 Å². The number of hydrogen-bond donors (Lipinski definition) is 0. The summed E-state index contributed by atoms with van der Waals surface area (Å²) in [6.45, 7) is 7.81. The van der Waals surface area contributed by atoms with Crippen molar-refractivity contribution in [2.45, 2.75) is 91.8 Å². The summed E-state index contributed by atoms with van der Waals surface area (Å²) in [4.78, 5) is 38.2. The summed E-state index contributed by atoms with van der Waals surface area (Å²) in [6.07, 6.45) is -1.38. The number of rotatable bonds is 5. The molecular weight excluding hydrogens is 399 g/mol. The predicted molar refractivity (Wildman–Crippen MR) is 113 cm³/mol. The van der Waals surface area contributed by atoms with Crippen molar-refractivity contribution in [2.75, 3.05) is 0 Å². The van der Waals surface area contributed by atoms with Gasteiger partial charge in [0, 0.05) is 37.4 Å².